The van der Waals surface area contributed by atoms with Gasteiger partial charge in [0.15, 0.2) is 5.78 Å². The number of rotatable bonds is 3. The van der Waals surface area contributed by atoms with Crippen LogP contribution in [-0.4, -0.2) is 30.4 Å². The Hall–Kier alpha value is -2.20. The molecule has 1 aromatic rings. The first-order valence-electron chi connectivity index (χ1n) is 11.3. The van der Waals surface area contributed by atoms with E-state index in [1.54, 1.807) is 5.57 Å². The fraction of sp³-hybridized carbons (Fsp3) is 0.538. The lowest BCUT2D eigenvalue weighted by Crippen LogP contribution is -2.45. The quantitative estimate of drug-likeness (QED) is 0.416. The molecular formula is C26H31NO3. The highest BCUT2D eigenvalue weighted by atomic mass is 16.5. The number of carbonyl (C=O) groups excluding carboxylic acids is 1. The van der Waals surface area contributed by atoms with E-state index in [0.29, 0.717) is 30.3 Å². The minimum Gasteiger partial charge on any atom is -0.411 e. The van der Waals surface area contributed by atoms with Crippen LogP contribution in [-0.2, 0) is 9.53 Å². The maximum absolute atomic E-state index is 12.1. The highest BCUT2D eigenvalue weighted by Gasteiger charge is 2.56. The van der Waals surface area contributed by atoms with Crippen molar-refractivity contribution in [1.29, 1.82) is 0 Å². The number of nitrogens with zero attached hydrogens (tertiary/aromatic N) is 1. The van der Waals surface area contributed by atoms with Crippen LogP contribution in [0.4, 0.5) is 0 Å². The summed E-state index contributed by atoms with van der Waals surface area (Å²) in [6, 6.07) is 8.46. The van der Waals surface area contributed by atoms with Crippen LogP contribution < -0.4 is 0 Å². The Morgan fingerprint density at radius 1 is 1.13 bits per heavy atom. The molecule has 0 radical (unpaired) electrons. The zero-order valence-electron chi connectivity index (χ0n) is 17.9. The van der Waals surface area contributed by atoms with Crippen LogP contribution in [0.2, 0.25) is 0 Å². The van der Waals surface area contributed by atoms with E-state index in [-0.39, 0.29) is 11.2 Å². The van der Waals surface area contributed by atoms with Gasteiger partial charge in [0.1, 0.15) is 0 Å². The summed E-state index contributed by atoms with van der Waals surface area (Å²) in [6.45, 7) is 2.45. The van der Waals surface area contributed by atoms with Crippen molar-refractivity contribution in [3.05, 3.63) is 58.2 Å². The standard InChI is InChI=1S/C26H31NO3/c1-26-14-22(17-5-3-16(4-6-17)15-27-29)25-20-10-8-19(28)13-18(20)7-9-21(25)23(26)11-12-24(26)30-2/h3-6,13,15,21-24,29H,7-12,14H2,1-2H3/b27-15+/t21?,22-,23?,24+,26+/m1/s1. The SMILES string of the molecule is CO[C@H]1CCC2C3CCC4=CC(=O)CCC4=C3[C@@H](c3ccc(/C=N/O)cc3)C[C@@]21C. The van der Waals surface area contributed by atoms with Crippen molar-refractivity contribution in [2.75, 3.05) is 7.11 Å². The molecule has 1 aromatic carbocycles. The molecule has 2 unspecified atom stereocenters. The van der Waals surface area contributed by atoms with Crippen LogP contribution in [0.3, 0.4) is 0 Å². The zero-order valence-corrected chi connectivity index (χ0v) is 17.9. The molecule has 5 atom stereocenters. The molecule has 0 spiro atoms. The van der Waals surface area contributed by atoms with Crippen LogP contribution in [0.5, 0.6) is 0 Å². The number of hydrogen-bond acceptors (Lipinski definition) is 4. The summed E-state index contributed by atoms with van der Waals surface area (Å²) in [5, 5.41) is 12.0. The third-order valence-electron chi connectivity index (χ3n) is 8.47. The van der Waals surface area contributed by atoms with Gasteiger partial charge >= 0.3 is 0 Å². The number of allylic oxidation sites excluding steroid dienone is 4. The molecule has 0 heterocycles. The van der Waals surface area contributed by atoms with E-state index >= 15 is 0 Å². The largest absolute Gasteiger partial charge is 0.411 e. The Balaban J connectivity index is 1.64. The third kappa shape index (κ3) is 2.99. The van der Waals surface area contributed by atoms with Gasteiger partial charge in [-0.25, -0.2) is 0 Å². The molecule has 4 nitrogen and oxygen atoms in total. The third-order valence-corrected chi connectivity index (χ3v) is 8.47. The number of oxime groups is 1. The number of ketones is 1. The van der Waals surface area contributed by atoms with Crippen LogP contribution in [0, 0.1) is 17.3 Å². The lowest BCUT2D eigenvalue weighted by atomic mass is 9.53. The first-order valence-corrected chi connectivity index (χ1v) is 11.3. The minimum absolute atomic E-state index is 0.186. The van der Waals surface area contributed by atoms with Crippen LogP contribution in [0.15, 0.2) is 52.2 Å². The van der Waals surface area contributed by atoms with Crippen LogP contribution in [0.1, 0.15) is 68.9 Å². The monoisotopic (exact) mass is 405 g/mol. The summed E-state index contributed by atoms with van der Waals surface area (Å²) < 4.78 is 6.00. The summed E-state index contributed by atoms with van der Waals surface area (Å²) in [6.07, 6.45) is 11.0. The van der Waals surface area contributed by atoms with Crippen molar-refractivity contribution in [3.8, 4) is 0 Å². The van der Waals surface area contributed by atoms with Crippen molar-refractivity contribution in [2.45, 2.75) is 63.9 Å². The molecule has 5 rings (SSSR count). The molecule has 4 aliphatic carbocycles. The molecule has 2 saturated carbocycles. The molecule has 1 N–H and O–H groups in total. The molecule has 0 saturated heterocycles. The topological polar surface area (TPSA) is 58.9 Å². The molecule has 30 heavy (non-hydrogen) atoms. The van der Waals surface area contributed by atoms with Gasteiger partial charge in [-0.3, -0.25) is 4.79 Å². The summed E-state index contributed by atoms with van der Waals surface area (Å²) in [5.41, 5.74) is 6.82. The molecular weight excluding hydrogens is 374 g/mol. The second kappa shape index (κ2) is 7.49. The Morgan fingerprint density at radius 2 is 1.93 bits per heavy atom. The second-order valence-electron chi connectivity index (χ2n) is 9.80. The molecule has 4 aliphatic rings. The van der Waals surface area contributed by atoms with Gasteiger partial charge in [-0.05, 0) is 84.1 Å². The Morgan fingerprint density at radius 3 is 2.67 bits per heavy atom. The lowest BCUT2D eigenvalue weighted by Gasteiger charge is -2.52. The molecule has 0 aliphatic heterocycles. The van der Waals surface area contributed by atoms with E-state index in [4.69, 9.17) is 9.94 Å². The van der Waals surface area contributed by atoms with Gasteiger partial charge in [0.05, 0.1) is 12.3 Å². The highest BCUT2D eigenvalue weighted by molar-refractivity contribution is 5.93. The summed E-state index contributed by atoms with van der Waals surface area (Å²) in [7, 11) is 1.87. The van der Waals surface area contributed by atoms with Gasteiger partial charge in [0.25, 0.3) is 0 Å². The average Bonchev–Trinajstić information content (AvgIpc) is 3.09. The van der Waals surface area contributed by atoms with Gasteiger partial charge in [-0.2, -0.15) is 0 Å². The number of methoxy groups -OCH3 is 1. The normalized spacial score (nSPS) is 35.8. The van der Waals surface area contributed by atoms with E-state index in [9.17, 15) is 4.79 Å². The molecule has 4 heteroatoms. The maximum atomic E-state index is 12.1. The van der Waals surface area contributed by atoms with Crippen molar-refractivity contribution >= 4 is 12.0 Å². The Labute approximate surface area is 178 Å². The second-order valence-corrected chi connectivity index (χ2v) is 9.80. The van der Waals surface area contributed by atoms with Gasteiger partial charge in [0, 0.05) is 19.4 Å². The number of hydrogen-bond donors (Lipinski definition) is 1. The van der Waals surface area contributed by atoms with Crippen LogP contribution in [0.25, 0.3) is 0 Å². The van der Waals surface area contributed by atoms with Gasteiger partial charge in [0.2, 0.25) is 0 Å². The number of benzene rings is 1. The number of fused-ring (bicyclic) bond motifs is 4. The first-order chi connectivity index (χ1) is 14.5. The number of carbonyl (C=O) groups is 1. The van der Waals surface area contributed by atoms with Crippen molar-refractivity contribution in [3.63, 3.8) is 0 Å². The summed E-state index contributed by atoms with van der Waals surface area (Å²) >= 11 is 0. The summed E-state index contributed by atoms with van der Waals surface area (Å²) in [4.78, 5) is 12.1. The van der Waals surface area contributed by atoms with Crippen molar-refractivity contribution in [1.82, 2.24) is 0 Å². The predicted molar refractivity (Wildman–Crippen MR) is 117 cm³/mol. The van der Waals surface area contributed by atoms with Crippen LogP contribution >= 0.6 is 0 Å². The van der Waals surface area contributed by atoms with E-state index < -0.39 is 0 Å². The van der Waals surface area contributed by atoms with Gasteiger partial charge in [-0.15, -0.1) is 0 Å². The summed E-state index contributed by atoms with van der Waals surface area (Å²) in [5.74, 6) is 1.91. The Bertz CT molecular complexity index is 942. The highest BCUT2D eigenvalue weighted by Crippen LogP contribution is 2.64. The molecule has 0 bridgehead atoms. The van der Waals surface area contributed by atoms with E-state index in [0.717, 1.165) is 37.7 Å². The molecule has 158 valence electrons. The molecule has 0 amide bonds. The average molecular weight is 406 g/mol. The van der Waals surface area contributed by atoms with Crippen molar-refractivity contribution in [2.24, 2.45) is 22.4 Å². The first kappa shape index (κ1) is 19.7. The van der Waals surface area contributed by atoms with E-state index in [2.05, 4.69) is 24.2 Å². The predicted octanol–water partition coefficient (Wildman–Crippen LogP) is 5.41. The zero-order chi connectivity index (χ0) is 20.9. The van der Waals surface area contributed by atoms with Gasteiger partial charge < -0.3 is 9.94 Å². The fourth-order valence-electron chi connectivity index (χ4n) is 7.18. The molecule has 2 fully saturated rings. The van der Waals surface area contributed by atoms with E-state index in [1.165, 1.54) is 29.3 Å². The fourth-order valence-corrected chi connectivity index (χ4v) is 7.18. The molecule has 0 aromatic heterocycles. The smallest absolute Gasteiger partial charge is 0.156 e. The van der Waals surface area contributed by atoms with E-state index in [1.807, 2.05) is 25.3 Å². The lowest BCUT2D eigenvalue weighted by molar-refractivity contribution is -0.114. The maximum Gasteiger partial charge on any atom is 0.156 e. The number of ether oxygens (including phenoxy) is 1. The van der Waals surface area contributed by atoms with Gasteiger partial charge in [-0.1, -0.05) is 41.9 Å². The minimum atomic E-state index is 0.186. The Kier molecular flexibility index (Phi) is 4.93. The van der Waals surface area contributed by atoms with Crippen molar-refractivity contribution < 1.29 is 14.7 Å².